The molecule has 0 spiro atoms. The maximum absolute atomic E-state index is 13.4. The molecular formula is C23H29N7O3S. The predicted octanol–water partition coefficient (Wildman–Crippen LogP) is 2.43. The van der Waals surface area contributed by atoms with Crippen LogP contribution in [0.2, 0.25) is 0 Å². The number of hydrogen-bond donors (Lipinski definition) is 2. The van der Waals surface area contributed by atoms with Crippen molar-refractivity contribution in [2.75, 3.05) is 32.1 Å². The van der Waals surface area contributed by atoms with Gasteiger partial charge in [-0.05, 0) is 38.5 Å². The van der Waals surface area contributed by atoms with Gasteiger partial charge in [0.05, 0.1) is 11.8 Å². The van der Waals surface area contributed by atoms with Gasteiger partial charge in [-0.3, -0.25) is 9.59 Å². The molecule has 5 rings (SSSR count). The lowest BCUT2D eigenvalue weighted by atomic mass is 10.0. The van der Waals surface area contributed by atoms with E-state index in [-0.39, 0.29) is 30.5 Å². The number of rotatable bonds is 8. The molecule has 2 fully saturated rings. The van der Waals surface area contributed by atoms with E-state index in [0.717, 1.165) is 10.4 Å². The molecule has 3 aromatic rings. The zero-order chi connectivity index (χ0) is 23.7. The maximum Gasteiger partial charge on any atom is 0.272 e. The monoisotopic (exact) mass is 483 g/mol. The second kappa shape index (κ2) is 9.67. The van der Waals surface area contributed by atoms with Gasteiger partial charge in [-0.25, -0.2) is 14.5 Å². The number of ether oxygens (including phenoxy) is 1. The van der Waals surface area contributed by atoms with Gasteiger partial charge < -0.3 is 20.3 Å². The lowest BCUT2D eigenvalue weighted by Crippen LogP contribution is -2.47. The lowest BCUT2D eigenvalue weighted by molar-refractivity contribution is -0.125. The third-order valence-corrected chi connectivity index (χ3v) is 7.33. The van der Waals surface area contributed by atoms with Crippen molar-refractivity contribution in [3.8, 4) is 11.4 Å². The van der Waals surface area contributed by atoms with Crippen molar-refractivity contribution < 1.29 is 14.3 Å². The largest absolute Gasteiger partial charge is 0.375 e. The Morgan fingerprint density at radius 3 is 2.76 bits per heavy atom. The first-order valence-electron chi connectivity index (χ1n) is 11.7. The van der Waals surface area contributed by atoms with Gasteiger partial charge in [-0.1, -0.05) is 0 Å². The Bertz CT molecular complexity index is 1180. The van der Waals surface area contributed by atoms with E-state index in [4.69, 9.17) is 9.72 Å². The number of amides is 2. The Hall–Kier alpha value is -3.05. The molecule has 0 aromatic carbocycles. The Morgan fingerprint density at radius 1 is 1.24 bits per heavy atom. The second-order valence-electron chi connectivity index (χ2n) is 9.01. The Kier molecular flexibility index (Phi) is 6.46. The fourth-order valence-corrected chi connectivity index (χ4v) is 5.16. The molecule has 0 bridgehead atoms. The molecule has 0 radical (unpaired) electrons. The number of piperidine rings is 1. The highest BCUT2D eigenvalue weighted by molar-refractivity contribution is 7.16. The summed E-state index contributed by atoms with van der Waals surface area (Å²) in [5, 5.41) is 12.8. The molecule has 1 aliphatic carbocycles. The first-order chi connectivity index (χ1) is 16.5. The minimum Gasteiger partial charge on any atom is -0.375 e. The highest BCUT2D eigenvalue weighted by atomic mass is 32.1. The Balaban J connectivity index is 1.36. The maximum atomic E-state index is 13.4. The normalized spacial score (nSPS) is 17.6. The summed E-state index contributed by atoms with van der Waals surface area (Å²) in [6.45, 7) is 3.31. The van der Waals surface area contributed by atoms with E-state index in [0.29, 0.717) is 49.2 Å². The summed E-state index contributed by atoms with van der Waals surface area (Å²) < 4.78 is 6.67. The number of nitrogens with one attached hydrogen (secondary N) is 2. The van der Waals surface area contributed by atoms with Crippen molar-refractivity contribution in [3.63, 3.8) is 0 Å². The van der Waals surface area contributed by atoms with Gasteiger partial charge >= 0.3 is 0 Å². The van der Waals surface area contributed by atoms with Crippen LogP contribution in [0.1, 0.15) is 43.1 Å². The lowest BCUT2D eigenvalue weighted by Gasteiger charge is -2.32. The summed E-state index contributed by atoms with van der Waals surface area (Å²) >= 11 is 1.56. The standard InChI is InChI=1S/C23H29N7O3S/c1-14(15-3-4-15)25-19-11-18(27-21(28-19)17-12-24-30-9-10-34-23(17)30)22(32)29-7-5-16(6-8-29)26-20(31)13-33-2/h9-12,14-16H,3-8,13H2,1-2H3,(H,26,31)(H,25,27,28). The highest BCUT2D eigenvalue weighted by Gasteiger charge is 2.30. The molecule has 180 valence electrons. The van der Waals surface area contributed by atoms with Gasteiger partial charge in [-0.15, -0.1) is 11.3 Å². The molecular weight excluding hydrogens is 454 g/mol. The van der Waals surface area contributed by atoms with Crippen LogP contribution < -0.4 is 10.6 Å². The van der Waals surface area contributed by atoms with E-state index in [9.17, 15) is 9.59 Å². The van der Waals surface area contributed by atoms with Gasteiger partial charge in [0.1, 0.15) is 22.9 Å². The molecule has 10 nitrogen and oxygen atoms in total. The number of thiazole rings is 1. The van der Waals surface area contributed by atoms with Crippen molar-refractivity contribution in [1.29, 1.82) is 0 Å². The van der Waals surface area contributed by atoms with E-state index >= 15 is 0 Å². The van der Waals surface area contributed by atoms with Crippen LogP contribution in [0.5, 0.6) is 0 Å². The number of anilines is 1. The zero-order valence-corrected chi connectivity index (χ0v) is 20.2. The quantitative estimate of drug-likeness (QED) is 0.506. The van der Waals surface area contributed by atoms with Gasteiger partial charge in [0.2, 0.25) is 5.91 Å². The molecule has 4 heterocycles. The van der Waals surface area contributed by atoms with Crippen molar-refractivity contribution in [3.05, 3.63) is 29.5 Å². The van der Waals surface area contributed by atoms with Crippen LogP contribution in [0.4, 0.5) is 5.82 Å². The Labute approximate surface area is 201 Å². The van der Waals surface area contributed by atoms with Crippen LogP contribution in [0.15, 0.2) is 23.8 Å². The fraction of sp³-hybridized carbons (Fsp3) is 0.522. The van der Waals surface area contributed by atoms with Gasteiger partial charge in [-0.2, -0.15) is 5.10 Å². The molecule has 1 aliphatic heterocycles. The fourth-order valence-electron chi connectivity index (χ4n) is 4.37. The average Bonchev–Trinajstić information content (AvgIpc) is 3.45. The van der Waals surface area contributed by atoms with Crippen LogP contribution in [0, 0.1) is 5.92 Å². The van der Waals surface area contributed by atoms with E-state index < -0.39 is 0 Å². The molecule has 2 N–H and O–H groups in total. The van der Waals surface area contributed by atoms with Crippen LogP contribution in [-0.2, 0) is 9.53 Å². The summed E-state index contributed by atoms with van der Waals surface area (Å²) in [5.41, 5.74) is 1.18. The number of likely N-dealkylation sites (tertiary alicyclic amines) is 1. The smallest absolute Gasteiger partial charge is 0.272 e. The molecule has 1 atom stereocenters. The number of carbonyl (C=O) groups is 2. The minimum absolute atomic E-state index is 0.0452. The molecule has 1 unspecified atom stereocenters. The number of aromatic nitrogens is 4. The van der Waals surface area contributed by atoms with E-state index in [1.165, 1.54) is 20.0 Å². The average molecular weight is 484 g/mol. The number of fused-ring (bicyclic) bond motifs is 1. The molecule has 1 saturated heterocycles. The summed E-state index contributed by atoms with van der Waals surface area (Å²) in [4.78, 5) is 37.4. The molecule has 1 saturated carbocycles. The number of methoxy groups -OCH3 is 1. The summed E-state index contributed by atoms with van der Waals surface area (Å²) in [6, 6.07) is 2.08. The van der Waals surface area contributed by atoms with Crippen LogP contribution in [0.25, 0.3) is 16.2 Å². The van der Waals surface area contributed by atoms with Crippen molar-refractivity contribution in [2.24, 2.45) is 5.92 Å². The van der Waals surface area contributed by atoms with E-state index in [2.05, 4.69) is 27.6 Å². The minimum atomic E-state index is -0.130. The molecule has 34 heavy (non-hydrogen) atoms. The Morgan fingerprint density at radius 2 is 2.03 bits per heavy atom. The van der Waals surface area contributed by atoms with Gasteiger partial charge in [0.15, 0.2) is 5.82 Å². The second-order valence-corrected chi connectivity index (χ2v) is 9.91. The van der Waals surface area contributed by atoms with E-state index in [1.807, 2.05) is 11.6 Å². The van der Waals surface area contributed by atoms with Gasteiger partial charge in [0, 0.05) is 49.9 Å². The number of carbonyl (C=O) groups excluding carboxylic acids is 2. The molecule has 3 aromatic heterocycles. The first-order valence-corrected chi connectivity index (χ1v) is 12.5. The third kappa shape index (κ3) is 4.90. The SMILES string of the molecule is COCC(=O)NC1CCN(C(=O)c2cc(NC(C)C3CC3)nc(-c3cnn4ccsc34)n2)CC1. The zero-order valence-electron chi connectivity index (χ0n) is 19.4. The van der Waals surface area contributed by atoms with Crippen molar-refractivity contribution in [2.45, 2.75) is 44.7 Å². The summed E-state index contributed by atoms with van der Waals surface area (Å²) in [5.74, 6) is 1.54. The van der Waals surface area contributed by atoms with Crippen molar-refractivity contribution in [1.82, 2.24) is 29.8 Å². The molecule has 11 heteroatoms. The summed E-state index contributed by atoms with van der Waals surface area (Å²) in [7, 11) is 1.50. The number of hydrogen-bond acceptors (Lipinski definition) is 8. The highest BCUT2D eigenvalue weighted by Crippen LogP contribution is 2.34. The van der Waals surface area contributed by atoms with Gasteiger partial charge in [0.25, 0.3) is 5.91 Å². The molecule has 2 aliphatic rings. The molecule has 2 amide bonds. The van der Waals surface area contributed by atoms with E-state index in [1.54, 1.807) is 33.0 Å². The topological polar surface area (TPSA) is 114 Å². The van der Waals surface area contributed by atoms with Crippen molar-refractivity contribution >= 4 is 33.8 Å². The first kappa shape index (κ1) is 22.7. The van der Waals surface area contributed by atoms with Crippen LogP contribution >= 0.6 is 11.3 Å². The van der Waals surface area contributed by atoms with Crippen LogP contribution in [0.3, 0.4) is 0 Å². The summed E-state index contributed by atoms with van der Waals surface area (Å²) in [6.07, 6.45) is 7.46. The number of nitrogens with zero attached hydrogens (tertiary/aromatic N) is 5. The van der Waals surface area contributed by atoms with Crippen LogP contribution in [-0.4, -0.2) is 75.2 Å². The third-order valence-electron chi connectivity index (χ3n) is 6.45. The predicted molar refractivity (Wildman–Crippen MR) is 129 cm³/mol.